The summed E-state index contributed by atoms with van der Waals surface area (Å²) < 4.78 is 1.71. The first-order valence-electron chi connectivity index (χ1n) is 6.75. The van der Waals surface area contributed by atoms with Gasteiger partial charge in [0.1, 0.15) is 17.9 Å². The molecule has 8 heteroatoms. The van der Waals surface area contributed by atoms with Gasteiger partial charge in [-0.05, 0) is 24.3 Å². The zero-order valence-corrected chi connectivity index (χ0v) is 12.8. The Morgan fingerprint density at radius 1 is 1.26 bits per heavy atom. The fraction of sp³-hybridized carbons (Fsp3) is 0.0667. The number of nitrogens with one attached hydrogen (secondary N) is 1. The number of hydrogen-bond acceptors (Lipinski definition) is 6. The third-order valence-electron chi connectivity index (χ3n) is 2.87. The van der Waals surface area contributed by atoms with Crippen molar-refractivity contribution >= 4 is 23.4 Å². The van der Waals surface area contributed by atoms with Crippen molar-refractivity contribution in [2.24, 2.45) is 0 Å². The molecule has 0 atom stereocenters. The fourth-order valence-electron chi connectivity index (χ4n) is 1.89. The van der Waals surface area contributed by atoms with Gasteiger partial charge in [0.15, 0.2) is 5.16 Å². The summed E-state index contributed by atoms with van der Waals surface area (Å²) in [6.07, 6.45) is 3.23. The Hall–Kier alpha value is -2.87. The van der Waals surface area contributed by atoms with Gasteiger partial charge >= 0.3 is 0 Å². The third kappa shape index (κ3) is 3.86. The predicted molar refractivity (Wildman–Crippen MR) is 86.6 cm³/mol. The highest BCUT2D eigenvalue weighted by Crippen LogP contribution is 2.19. The maximum Gasteiger partial charge on any atom is 0.234 e. The number of rotatable bonds is 5. The molecule has 0 aliphatic carbocycles. The third-order valence-corrected chi connectivity index (χ3v) is 3.82. The summed E-state index contributed by atoms with van der Waals surface area (Å²) in [4.78, 5) is 16.2. The quantitative estimate of drug-likeness (QED) is 0.697. The van der Waals surface area contributed by atoms with Crippen LogP contribution in [0.25, 0.3) is 5.82 Å². The summed E-state index contributed by atoms with van der Waals surface area (Å²) in [6, 6.07) is 11.9. The summed E-state index contributed by atoms with van der Waals surface area (Å²) in [7, 11) is 0. The molecule has 3 rings (SSSR count). The van der Waals surface area contributed by atoms with Gasteiger partial charge in [-0.1, -0.05) is 23.9 Å². The summed E-state index contributed by atoms with van der Waals surface area (Å²) in [6.45, 7) is 0. The average molecular weight is 327 g/mol. The first-order valence-corrected chi connectivity index (χ1v) is 7.74. The van der Waals surface area contributed by atoms with Crippen LogP contribution >= 0.6 is 11.8 Å². The number of nitrogens with zero attached hydrogens (tertiary/aromatic N) is 4. The number of carbonyl (C=O) groups is 1. The molecule has 116 valence electrons. The number of phenolic OH excluding ortho intramolecular Hbond substituents is 1. The highest BCUT2D eigenvalue weighted by molar-refractivity contribution is 7.99. The Kier molecular flexibility index (Phi) is 4.53. The molecule has 0 unspecified atom stereocenters. The van der Waals surface area contributed by atoms with Gasteiger partial charge < -0.3 is 10.4 Å². The van der Waals surface area contributed by atoms with Gasteiger partial charge in [-0.25, -0.2) is 4.98 Å². The predicted octanol–water partition coefficient (Wildman–Crippen LogP) is 2.10. The smallest absolute Gasteiger partial charge is 0.234 e. The van der Waals surface area contributed by atoms with Crippen LogP contribution in [0.1, 0.15) is 0 Å². The molecule has 0 bridgehead atoms. The lowest BCUT2D eigenvalue weighted by atomic mass is 10.3. The lowest BCUT2D eigenvalue weighted by Crippen LogP contribution is -2.14. The molecule has 2 N–H and O–H groups in total. The molecule has 0 saturated heterocycles. The zero-order valence-electron chi connectivity index (χ0n) is 12.0. The van der Waals surface area contributed by atoms with Crippen LogP contribution in [0.2, 0.25) is 0 Å². The number of hydrogen-bond donors (Lipinski definition) is 2. The molecule has 0 aliphatic rings. The molecule has 2 heterocycles. The first kappa shape index (κ1) is 15.0. The highest BCUT2D eigenvalue weighted by atomic mass is 32.2. The average Bonchev–Trinajstić information content (AvgIpc) is 3.02. The Labute approximate surface area is 136 Å². The van der Waals surface area contributed by atoms with Crippen LogP contribution in [0, 0.1) is 0 Å². The van der Waals surface area contributed by atoms with Gasteiger partial charge in [0, 0.05) is 18.0 Å². The van der Waals surface area contributed by atoms with E-state index >= 15 is 0 Å². The van der Waals surface area contributed by atoms with Crippen molar-refractivity contribution in [2.75, 3.05) is 11.1 Å². The number of carbonyl (C=O) groups excluding carboxylic acids is 1. The summed E-state index contributed by atoms with van der Waals surface area (Å²) in [5.41, 5.74) is 0.543. The number of pyridine rings is 1. The Bertz CT molecular complexity index is 806. The molecule has 0 spiro atoms. The molecule has 0 aliphatic heterocycles. The topological polar surface area (TPSA) is 92.9 Å². The molecule has 7 nitrogen and oxygen atoms in total. The van der Waals surface area contributed by atoms with E-state index in [1.165, 1.54) is 17.8 Å². The number of aromatic nitrogens is 4. The molecule has 1 amide bonds. The van der Waals surface area contributed by atoms with Gasteiger partial charge in [-0.2, -0.15) is 0 Å². The second kappa shape index (κ2) is 6.93. The maximum absolute atomic E-state index is 12.0. The van der Waals surface area contributed by atoms with E-state index in [4.69, 9.17) is 0 Å². The molecule has 3 aromatic rings. The first-order chi connectivity index (χ1) is 11.2. The van der Waals surface area contributed by atoms with Crippen LogP contribution < -0.4 is 5.32 Å². The number of amides is 1. The van der Waals surface area contributed by atoms with Gasteiger partial charge in [-0.3, -0.25) is 9.36 Å². The second-order valence-corrected chi connectivity index (χ2v) is 5.50. The van der Waals surface area contributed by atoms with Crippen molar-refractivity contribution in [3.8, 4) is 11.6 Å². The minimum absolute atomic E-state index is 0.102. The lowest BCUT2D eigenvalue weighted by Gasteiger charge is -2.06. The molecule has 2 aromatic heterocycles. The van der Waals surface area contributed by atoms with Crippen molar-refractivity contribution in [1.82, 2.24) is 19.7 Å². The van der Waals surface area contributed by atoms with Crippen molar-refractivity contribution < 1.29 is 9.90 Å². The maximum atomic E-state index is 12.0. The molecular formula is C15H13N5O2S. The van der Waals surface area contributed by atoms with Crippen LogP contribution in [-0.4, -0.2) is 36.5 Å². The van der Waals surface area contributed by atoms with Crippen LogP contribution in [-0.2, 0) is 4.79 Å². The summed E-state index contributed by atoms with van der Waals surface area (Å²) in [5, 5.41) is 20.5. The van der Waals surface area contributed by atoms with Crippen LogP contribution in [0.15, 0.2) is 60.1 Å². The van der Waals surface area contributed by atoms with Gasteiger partial charge in [-0.15, -0.1) is 10.2 Å². The minimum atomic E-state index is -0.198. The second-order valence-electron chi connectivity index (χ2n) is 4.56. The molecule has 0 fully saturated rings. The SMILES string of the molecule is O=C(CSc1nncn1-c1ccccn1)Nc1cccc(O)c1. The van der Waals surface area contributed by atoms with E-state index in [0.29, 0.717) is 16.7 Å². The Balaban J connectivity index is 1.63. The Morgan fingerprint density at radius 3 is 2.96 bits per heavy atom. The standard InChI is InChI=1S/C15H13N5O2S/c21-12-5-3-4-11(8-12)18-14(22)9-23-15-19-17-10-20(15)13-6-1-2-7-16-13/h1-8,10,21H,9H2,(H,18,22). The zero-order chi connectivity index (χ0) is 16.1. The van der Waals surface area contributed by atoms with E-state index in [0.717, 1.165) is 0 Å². The van der Waals surface area contributed by atoms with E-state index in [1.54, 1.807) is 35.3 Å². The fourth-order valence-corrected chi connectivity index (χ4v) is 2.60. The number of aromatic hydroxyl groups is 1. The van der Waals surface area contributed by atoms with Gasteiger partial charge in [0.25, 0.3) is 0 Å². The van der Waals surface area contributed by atoms with Crippen LogP contribution in [0.4, 0.5) is 5.69 Å². The minimum Gasteiger partial charge on any atom is -0.508 e. The monoisotopic (exact) mass is 327 g/mol. The molecule has 23 heavy (non-hydrogen) atoms. The van der Waals surface area contributed by atoms with E-state index in [-0.39, 0.29) is 17.4 Å². The van der Waals surface area contributed by atoms with Crippen LogP contribution in [0.3, 0.4) is 0 Å². The number of anilines is 1. The van der Waals surface area contributed by atoms with E-state index in [9.17, 15) is 9.90 Å². The lowest BCUT2D eigenvalue weighted by molar-refractivity contribution is -0.113. The summed E-state index contributed by atoms with van der Waals surface area (Å²) >= 11 is 1.25. The molecular weight excluding hydrogens is 314 g/mol. The van der Waals surface area contributed by atoms with Crippen molar-refractivity contribution in [3.05, 3.63) is 55.0 Å². The molecule has 1 aromatic carbocycles. The Morgan fingerprint density at radius 2 is 2.17 bits per heavy atom. The highest BCUT2D eigenvalue weighted by Gasteiger charge is 2.11. The van der Waals surface area contributed by atoms with Crippen molar-refractivity contribution in [3.63, 3.8) is 0 Å². The molecule has 0 radical (unpaired) electrons. The van der Waals surface area contributed by atoms with Gasteiger partial charge in [0.2, 0.25) is 5.91 Å². The van der Waals surface area contributed by atoms with Gasteiger partial charge in [0.05, 0.1) is 5.75 Å². The van der Waals surface area contributed by atoms with E-state index in [1.807, 2.05) is 18.2 Å². The number of thioether (sulfide) groups is 1. The van der Waals surface area contributed by atoms with Crippen molar-refractivity contribution in [2.45, 2.75) is 5.16 Å². The normalized spacial score (nSPS) is 10.4. The number of phenols is 1. The van der Waals surface area contributed by atoms with E-state index < -0.39 is 0 Å². The largest absolute Gasteiger partial charge is 0.508 e. The molecule has 0 saturated carbocycles. The van der Waals surface area contributed by atoms with E-state index in [2.05, 4.69) is 20.5 Å². The number of benzene rings is 1. The van der Waals surface area contributed by atoms with Crippen LogP contribution in [0.5, 0.6) is 5.75 Å². The summed E-state index contributed by atoms with van der Waals surface area (Å²) in [5.74, 6) is 0.760. The van der Waals surface area contributed by atoms with Crippen molar-refractivity contribution in [1.29, 1.82) is 0 Å².